The SMILES string of the molecule is CCNC(=NCCCNC(=O)C1CCC1)N(C)CCC(NC(=O)OC(C)(C)C)C(C)C.I. The molecule has 188 valence electrons. The van der Waals surface area contributed by atoms with E-state index in [1.165, 1.54) is 6.42 Å². The van der Waals surface area contributed by atoms with Gasteiger partial charge in [-0.05, 0) is 59.3 Å². The van der Waals surface area contributed by atoms with Crippen molar-refractivity contribution in [3.63, 3.8) is 0 Å². The Kier molecular flexibility index (Phi) is 14.9. The Morgan fingerprint density at radius 2 is 1.84 bits per heavy atom. The molecule has 0 aromatic carbocycles. The third kappa shape index (κ3) is 12.7. The maximum atomic E-state index is 12.2. The van der Waals surface area contributed by atoms with Crippen molar-refractivity contribution < 1.29 is 14.3 Å². The highest BCUT2D eigenvalue weighted by molar-refractivity contribution is 14.0. The van der Waals surface area contributed by atoms with E-state index in [-0.39, 0.29) is 47.9 Å². The van der Waals surface area contributed by atoms with Gasteiger partial charge in [-0.25, -0.2) is 4.79 Å². The number of hydrogen-bond donors (Lipinski definition) is 3. The summed E-state index contributed by atoms with van der Waals surface area (Å²) in [6, 6.07) is 0.0156. The quantitative estimate of drug-likeness (QED) is 0.153. The van der Waals surface area contributed by atoms with Gasteiger partial charge in [-0.3, -0.25) is 9.79 Å². The molecule has 0 saturated heterocycles. The second-order valence-electron chi connectivity index (χ2n) is 9.72. The highest BCUT2D eigenvalue weighted by atomic mass is 127. The summed E-state index contributed by atoms with van der Waals surface area (Å²) in [4.78, 5) is 30.8. The number of rotatable bonds is 11. The molecule has 2 amide bonds. The van der Waals surface area contributed by atoms with Crippen LogP contribution in [0.15, 0.2) is 4.99 Å². The van der Waals surface area contributed by atoms with Crippen LogP contribution in [0.25, 0.3) is 0 Å². The van der Waals surface area contributed by atoms with Gasteiger partial charge in [0.2, 0.25) is 5.91 Å². The Balaban J connectivity index is 0.00000961. The van der Waals surface area contributed by atoms with Crippen LogP contribution in [0.3, 0.4) is 0 Å². The first-order chi connectivity index (χ1) is 14.5. The first-order valence-corrected chi connectivity index (χ1v) is 11.8. The fraction of sp³-hybridized carbons (Fsp3) is 0.870. The summed E-state index contributed by atoms with van der Waals surface area (Å²) in [5, 5.41) is 9.33. The van der Waals surface area contributed by atoms with Gasteiger partial charge in [0.25, 0.3) is 0 Å². The molecule has 1 saturated carbocycles. The highest BCUT2D eigenvalue weighted by Crippen LogP contribution is 2.26. The normalized spacial score (nSPS) is 15.3. The van der Waals surface area contributed by atoms with Gasteiger partial charge in [0.05, 0.1) is 0 Å². The molecule has 0 aromatic heterocycles. The van der Waals surface area contributed by atoms with Crippen molar-refractivity contribution in [2.24, 2.45) is 16.8 Å². The van der Waals surface area contributed by atoms with E-state index in [4.69, 9.17) is 4.74 Å². The van der Waals surface area contributed by atoms with Crippen LogP contribution in [0.2, 0.25) is 0 Å². The Hall–Kier alpha value is -1.26. The minimum atomic E-state index is -0.509. The number of carbonyl (C=O) groups excluding carboxylic acids is 2. The molecular weight excluding hydrogens is 521 g/mol. The predicted molar refractivity (Wildman–Crippen MR) is 142 cm³/mol. The highest BCUT2D eigenvalue weighted by Gasteiger charge is 2.24. The Labute approximate surface area is 212 Å². The molecule has 1 aliphatic carbocycles. The number of guanidine groups is 1. The summed E-state index contributed by atoms with van der Waals surface area (Å²) >= 11 is 0. The van der Waals surface area contributed by atoms with Gasteiger partial charge < -0.3 is 25.6 Å². The van der Waals surface area contributed by atoms with Gasteiger partial charge in [0, 0.05) is 45.2 Å². The molecule has 9 heteroatoms. The zero-order valence-corrected chi connectivity index (χ0v) is 23.5. The Morgan fingerprint density at radius 3 is 2.34 bits per heavy atom. The van der Waals surface area contributed by atoms with Crippen molar-refractivity contribution in [2.75, 3.05) is 33.2 Å². The molecule has 1 rings (SSSR count). The van der Waals surface area contributed by atoms with Crippen LogP contribution in [0, 0.1) is 11.8 Å². The molecule has 0 bridgehead atoms. The minimum absolute atomic E-state index is 0. The van der Waals surface area contributed by atoms with E-state index >= 15 is 0 Å². The second kappa shape index (κ2) is 15.6. The lowest BCUT2D eigenvalue weighted by molar-refractivity contribution is -0.127. The number of hydrogen-bond acceptors (Lipinski definition) is 4. The first kappa shape index (κ1) is 30.7. The zero-order chi connectivity index (χ0) is 23.4. The maximum Gasteiger partial charge on any atom is 0.407 e. The molecular formula is C23H46IN5O3. The molecule has 8 nitrogen and oxygen atoms in total. The summed E-state index contributed by atoms with van der Waals surface area (Å²) in [6.45, 7) is 14.7. The fourth-order valence-corrected chi connectivity index (χ4v) is 3.23. The number of amides is 2. The largest absolute Gasteiger partial charge is 0.444 e. The van der Waals surface area contributed by atoms with Crippen molar-refractivity contribution in [1.29, 1.82) is 0 Å². The van der Waals surface area contributed by atoms with Crippen molar-refractivity contribution in [3.05, 3.63) is 0 Å². The van der Waals surface area contributed by atoms with Crippen molar-refractivity contribution >= 4 is 41.9 Å². The minimum Gasteiger partial charge on any atom is -0.444 e. The molecule has 3 N–H and O–H groups in total. The average molecular weight is 568 g/mol. The molecule has 0 radical (unpaired) electrons. The summed E-state index contributed by atoms with van der Waals surface area (Å²) in [5.41, 5.74) is -0.509. The van der Waals surface area contributed by atoms with Crippen LogP contribution in [0.1, 0.15) is 73.6 Å². The van der Waals surface area contributed by atoms with Crippen molar-refractivity contribution in [3.8, 4) is 0 Å². The van der Waals surface area contributed by atoms with Gasteiger partial charge in [0.1, 0.15) is 5.60 Å². The van der Waals surface area contributed by atoms with E-state index in [1.807, 2.05) is 34.7 Å². The summed E-state index contributed by atoms with van der Waals surface area (Å²) in [7, 11) is 2.00. The van der Waals surface area contributed by atoms with Crippen LogP contribution in [0.5, 0.6) is 0 Å². The van der Waals surface area contributed by atoms with Gasteiger partial charge in [-0.1, -0.05) is 20.3 Å². The number of nitrogens with zero attached hydrogens (tertiary/aromatic N) is 2. The lowest BCUT2D eigenvalue weighted by Gasteiger charge is -2.28. The van der Waals surface area contributed by atoms with Gasteiger partial charge in [0.15, 0.2) is 5.96 Å². The standard InChI is InChI=1S/C23H45N5O3.HI/c1-8-24-21(26-15-10-14-25-20(29)18-11-9-12-18)28(7)16-13-19(17(2)3)27-22(30)31-23(4,5)6;/h17-19H,8-16H2,1-7H3,(H,24,26)(H,25,29)(H,27,30);1H. The van der Waals surface area contributed by atoms with Gasteiger partial charge >= 0.3 is 6.09 Å². The number of alkyl carbamates (subject to hydrolysis) is 1. The molecule has 0 aliphatic heterocycles. The van der Waals surface area contributed by atoms with E-state index < -0.39 is 5.60 Å². The van der Waals surface area contributed by atoms with Crippen LogP contribution in [0.4, 0.5) is 4.79 Å². The summed E-state index contributed by atoms with van der Waals surface area (Å²) in [5.74, 6) is 1.55. The number of ether oxygens (including phenoxy) is 1. The van der Waals surface area contributed by atoms with E-state index in [0.29, 0.717) is 19.0 Å². The smallest absolute Gasteiger partial charge is 0.407 e. The lowest BCUT2D eigenvalue weighted by atomic mass is 9.85. The summed E-state index contributed by atoms with van der Waals surface area (Å²) < 4.78 is 5.40. The third-order valence-electron chi connectivity index (χ3n) is 5.35. The fourth-order valence-electron chi connectivity index (χ4n) is 3.23. The third-order valence-corrected chi connectivity index (χ3v) is 5.35. The number of halogens is 1. The molecule has 0 aromatic rings. The Bertz CT molecular complexity index is 589. The number of carbonyl (C=O) groups is 2. The van der Waals surface area contributed by atoms with Crippen LogP contribution in [-0.2, 0) is 9.53 Å². The molecule has 0 heterocycles. The van der Waals surface area contributed by atoms with E-state index in [1.54, 1.807) is 0 Å². The van der Waals surface area contributed by atoms with Gasteiger partial charge in [-0.15, -0.1) is 24.0 Å². The lowest BCUT2D eigenvalue weighted by Crippen LogP contribution is -2.45. The van der Waals surface area contributed by atoms with Crippen molar-refractivity contribution in [2.45, 2.75) is 85.3 Å². The Morgan fingerprint density at radius 1 is 1.19 bits per heavy atom. The number of nitrogens with one attached hydrogen (secondary N) is 3. The molecule has 1 atom stereocenters. The average Bonchev–Trinajstić information content (AvgIpc) is 2.60. The van der Waals surface area contributed by atoms with Crippen molar-refractivity contribution in [1.82, 2.24) is 20.9 Å². The maximum absolute atomic E-state index is 12.2. The topological polar surface area (TPSA) is 95.1 Å². The van der Waals surface area contributed by atoms with E-state index in [0.717, 1.165) is 44.7 Å². The van der Waals surface area contributed by atoms with Crippen LogP contribution < -0.4 is 16.0 Å². The van der Waals surface area contributed by atoms with Crippen LogP contribution in [-0.4, -0.2) is 67.7 Å². The monoisotopic (exact) mass is 567 g/mol. The predicted octanol–water partition coefficient (Wildman–Crippen LogP) is 3.75. The molecule has 1 aliphatic rings. The van der Waals surface area contributed by atoms with Crippen LogP contribution >= 0.6 is 24.0 Å². The zero-order valence-electron chi connectivity index (χ0n) is 21.1. The molecule has 1 unspecified atom stereocenters. The van der Waals surface area contributed by atoms with E-state index in [9.17, 15) is 9.59 Å². The molecule has 0 spiro atoms. The van der Waals surface area contributed by atoms with Gasteiger partial charge in [-0.2, -0.15) is 0 Å². The molecule has 32 heavy (non-hydrogen) atoms. The number of aliphatic imine (C=N–C) groups is 1. The molecule has 1 fully saturated rings. The van der Waals surface area contributed by atoms with E-state index in [2.05, 4.69) is 39.7 Å². The second-order valence-corrected chi connectivity index (χ2v) is 9.72. The first-order valence-electron chi connectivity index (χ1n) is 11.8. The summed E-state index contributed by atoms with van der Waals surface area (Å²) in [6.07, 6.45) is 4.45.